The van der Waals surface area contributed by atoms with Crippen molar-refractivity contribution in [1.29, 1.82) is 0 Å². The Hall–Kier alpha value is -4.63. The van der Waals surface area contributed by atoms with Crippen LogP contribution in [0.15, 0.2) is 82.1 Å². The van der Waals surface area contributed by atoms with E-state index in [4.69, 9.17) is 9.15 Å². The number of rotatable bonds is 3. The number of fused-ring (bicyclic) bond motifs is 2. The highest BCUT2D eigenvalue weighted by Gasteiger charge is 2.24. The highest BCUT2D eigenvalue weighted by molar-refractivity contribution is 5.94. The quantitative estimate of drug-likeness (QED) is 0.434. The van der Waals surface area contributed by atoms with Gasteiger partial charge in [-0.15, -0.1) is 0 Å². The van der Waals surface area contributed by atoms with Gasteiger partial charge in [0.1, 0.15) is 11.3 Å². The zero-order valence-electron chi connectivity index (χ0n) is 18.4. The number of nitrogens with zero attached hydrogens (tertiary/aromatic N) is 2. The predicted molar refractivity (Wildman–Crippen MR) is 129 cm³/mol. The Kier molecular flexibility index (Phi) is 5.67. The maximum Gasteiger partial charge on any atom is 0.368 e. The summed E-state index contributed by atoms with van der Waals surface area (Å²) in [4.78, 5) is 31.3. The van der Waals surface area contributed by atoms with Gasteiger partial charge in [0.05, 0.1) is 13.7 Å². The molecule has 0 fully saturated rings. The van der Waals surface area contributed by atoms with Crippen LogP contribution in [-0.2, 0) is 13.0 Å². The average molecular weight is 448 g/mol. The van der Waals surface area contributed by atoms with Gasteiger partial charge in [-0.3, -0.25) is 4.79 Å². The molecule has 1 amide bonds. The smallest absolute Gasteiger partial charge is 0.368 e. The van der Waals surface area contributed by atoms with E-state index in [1.807, 2.05) is 54.6 Å². The molecule has 0 N–H and O–H groups in total. The number of carbonyl (C=O) groups is 1. The first-order valence-corrected chi connectivity index (χ1v) is 10.7. The Labute approximate surface area is 196 Å². The molecule has 0 atom stereocenters. The highest BCUT2D eigenvalue weighted by Crippen LogP contribution is 2.23. The molecule has 5 rings (SSSR count). The first-order valence-electron chi connectivity index (χ1n) is 10.7. The van der Waals surface area contributed by atoms with Gasteiger partial charge in [0.25, 0.3) is 5.91 Å². The van der Waals surface area contributed by atoms with Gasteiger partial charge in [0, 0.05) is 24.3 Å². The number of aromatic nitrogens is 1. The topological polar surface area (TPSA) is 72.6 Å². The second-order valence-electron chi connectivity index (χ2n) is 7.81. The number of methoxy groups -OCH3 is 1. The van der Waals surface area contributed by atoms with Crippen molar-refractivity contribution >= 4 is 23.1 Å². The largest absolute Gasteiger partial charge is 0.497 e. The Bertz CT molecular complexity index is 1540. The molecular weight excluding hydrogens is 428 g/mol. The van der Waals surface area contributed by atoms with E-state index in [2.05, 4.69) is 16.8 Å². The summed E-state index contributed by atoms with van der Waals surface area (Å²) in [5, 5.41) is 0. The van der Waals surface area contributed by atoms with E-state index in [1.165, 1.54) is 12.0 Å². The van der Waals surface area contributed by atoms with Crippen molar-refractivity contribution in [2.24, 2.45) is 0 Å². The van der Waals surface area contributed by atoms with Gasteiger partial charge in [0.15, 0.2) is 5.58 Å². The van der Waals surface area contributed by atoms with Crippen LogP contribution in [0.1, 0.15) is 32.7 Å². The lowest BCUT2D eigenvalue weighted by molar-refractivity contribution is 0.0803. The fourth-order valence-electron chi connectivity index (χ4n) is 3.75. The third-order valence-corrected chi connectivity index (χ3v) is 5.54. The summed E-state index contributed by atoms with van der Waals surface area (Å²) in [5.41, 5.74) is 3.60. The molecule has 3 aromatic carbocycles. The first kappa shape index (κ1) is 21.2. The molecule has 6 nitrogen and oxygen atoms in total. The van der Waals surface area contributed by atoms with Crippen LogP contribution in [0.25, 0.3) is 17.2 Å². The number of benzene rings is 3. The van der Waals surface area contributed by atoms with Crippen LogP contribution in [0.4, 0.5) is 0 Å². The predicted octanol–water partition coefficient (Wildman–Crippen LogP) is 4.42. The third kappa shape index (κ3) is 4.32. The molecule has 0 radical (unpaired) electrons. The Morgan fingerprint density at radius 3 is 2.79 bits per heavy atom. The third-order valence-electron chi connectivity index (χ3n) is 5.54. The number of ether oxygens (including phenoxy) is 1. The first-order chi connectivity index (χ1) is 16.6. The van der Waals surface area contributed by atoms with E-state index in [9.17, 15) is 9.59 Å². The molecule has 1 aliphatic heterocycles. The van der Waals surface area contributed by atoms with Crippen molar-refractivity contribution in [3.63, 3.8) is 0 Å². The highest BCUT2D eigenvalue weighted by atomic mass is 16.5. The molecule has 0 saturated carbocycles. The van der Waals surface area contributed by atoms with Crippen LogP contribution in [0.5, 0.6) is 5.75 Å². The number of hydrogen-bond donors (Lipinski definition) is 0. The zero-order chi connectivity index (χ0) is 23.5. The molecule has 0 bridgehead atoms. The second-order valence-corrected chi connectivity index (χ2v) is 7.81. The van der Waals surface area contributed by atoms with Crippen LogP contribution in [0, 0.1) is 11.8 Å². The van der Waals surface area contributed by atoms with Gasteiger partial charge in [-0.05, 0) is 47.0 Å². The van der Waals surface area contributed by atoms with E-state index in [-0.39, 0.29) is 11.3 Å². The minimum Gasteiger partial charge on any atom is -0.497 e. The minimum atomic E-state index is -0.787. The van der Waals surface area contributed by atoms with Crippen LogP contribution < -0.4 is 10.4 Å². The minimum absolute atomic E-state index is 0.260. The van der Waals surface area contributed by atoms with E-state index in [0.717, 1.165) is 22.3 Å². The van der Waals surface area contributed by atoms with Gasteiger partial charge in [-0.1, -0.05) is 48.2 Å². The average Bonchev–Trinajstić information content (AvgIpc) is 2.87. The lowest BCUT2D eigenvalue weighted by atomic mass is 10.0. The second kappa shape index (κ2) is 9.08. The standard InChI is InChI=1S/C28H20N2O4/c1-33-23-12-13-24-25(17-23)34-28(32)26(29-24)27(31)30-15-14-21-11-10-20(16-22(21)18-30)9-5-8-19-6-3-2-4-7-19/h2-4,6-7,10-17H,8,18H2,1H3. The van der Waals surface area contributed by atoms with Crippen LogP contribution in [0.2, 0.25) is 0 Å². The van der Waals surface area contributed by atoms with Crippen LogP contribution in [0.3, 0.4) is 0 Å². The van der Waals surface area contributed by atoms with Crippen molar-refractivity contribution < 1.29 is 13.9 Å². The van der Waals surface area contributed by atoms with Crippen molar-refractivity contribution in [3.05, 3.63) is 111 Å². The molecule has 0 unspecified atom stereocenters. The fourth-order valence-corrected chi connectivity index (χ4v) is 3.75. The van der Waals surface area contributed by atoms with Crippen molar-refractivity contribution in [1.82, 2.24) is 9.88 Å². The van der Waals surface area contributed by atoms with Crippen molar-refractivity contribution in [3.8, 4) is 17.6 Å². The van der Waals surface area contributed by atoms with Gasteiger partial charge in [0.2, 0.25) is 5.69 Å². The van der Waals surface area contributed by atoms with E-state index < -0.39 is 11.5 Å². The van der Waals surface area contributed by atoms with Gasteiger partial charge >= 0.3 is 5.63 Å². The fraction of sp³-hybridized carbons (Fsp3) is 0.107. The van der Waals surface area contributed by atoms with Crippen LogP contribution in [-0.4, -0.2) is 22.9 Å². The van der Waals surface area contributed by atoms with Crippen LogP contribution >= 0.6 is 0 Å². The molecule has 1 aromatic heterocycles. The number of carbonyl (C=O) groups excluding carboxylic acids is 1. The molecule has 34 heavy (non-hydrogen) atoms. The lowest BCUT2D eigenvalue weighted by Crippen LogP contribution is -2.32. The normalized spacial score (nSPS) is 12.1. The van der Waals surface area contributed by atoms with E-state index >= 15 is 0 Å². The molecule has 4 aromatic rings. The number of hydrogen-bond acceptors (Lipinski definition) is 5. The Balaban J connectivity index is 1.37. The molecule has 0 spiro atoms. The SMILES string of the molecule is COc1ccc2nc(C(=O)N3C=Cc4ccc(C#CCc5ccccc5)cc4C3)c(=O)oc2c1. The molecule has 0 saturated heterocycles. The molecular formula is C28H20N2O4. The summed E-state index contributed by atoms with van der Waals surface area (Å²) in [6, 6.07) is 20.9. The summed E-state index contributed by atoms with van der Waals surface area (Å²) >= 11 is 0. The lowest BCUT2D eigenvalue weighted by Gasteiger charge is -2.23. The molecule has 0 aliphatic carbocycles. The zero-order valence-corrected chi connectivity index (χ0v) is 18.4. The van der Waals surface area contributed by atoms with Gasteiger partial charge < -0.3 is 14.1 Å². The molecule has 2 heterocycles. The molecule has 1 aliphatic rings. The summed E-state index contributed by atoms with van der Waals surface area (Å²) in [5.74, 6) is 6.41. The van der Waals surface area contributed by atoms with E-state index in [0.29, 0.717) is 24.2 Å². The Morgan fingerprint density at radius 1 is 1.12 bits per heavy atom. The summed E-state index contributed by atoms with van der Waals surface area (Å²) in [7, 11) is 1.52. The van der Waals surface area contributed by atoms with E-state index in [1.54, 1.807) is 24.4 Å². The number of amides is 1. The van der Waals surface area contributed by atoms with Crippen molar-refractivity contribution in [2.45, 2.75) is 13.0 Å². The molecule has 166 valence electrons. The monoisotopic (exact) mass is 448 g/mol. The maximum atomic E-state index is 13.1. The van der Waals surface area contributed by atoms with Crippen molar-refractivity contribution in [2.75, 3.05) is 7.11 Å². The Morgan fingerprint density at radius 2 is 1.97 bits per heavy atom. The summed E-state index contributed by atoms with van der Waals surface area (Å²) < 4.78 is 10.5. The van der Waals surface area contributed by atoms with Gasteiger partial charge in [-0.2, -0.15) is 0 Å². The maximum absolute atomic E-state index is 13.1. The summed E-state index contributed by atoms with van der Waals surface area (Å²) in [6.07, 6.45) is 4.16. The molecule has 6 heteroatoms. The summed E-state index contributed by atoms with van der Waals surface area (Å²) in [6.45, 7) is 0.306. The van der Waals surface area contributed by atoms with Gasteiger partial charge in [-0.25, -0.2) is 9.78 Å².